The molecular weight excluding hydrogens is 378 g/mol. The smallest absolute Gasteiger partial charge is 0.218 e. The molecule has 0 fully saturated rings. The van der Waals surface area contributed by atoms with E-state index < -0.39 is 11.6 Å². The van der Waals surface area contributed by atoms with Gasteiger partial charge >= 0.3 is 0 Å². The van der Waals surface area contributed by atoms with Crippen molar-refractivity contribution in [1.82, 2.24) is 29.9 Å². The number of aromatic nitrogens is 6. The van der Waals surface area contributed by atoms with E-state index in [1.54, 1.807) is 11.8 Å². The SMILES string of the molecule is COc1ccccc1CCc1nc(-c2ncn[nH]2)nn1Cc1ccc(F)c(F)c1. The van der Waals surface area contributed by atoms with Crippen LogP contribution in [0.2, 0.25) is 0 Å². The van der Waals surface area contributed by atoms with E-state index in [0.29, 0.717) is 35.9 Å². The Labute approximate surface area is 165 Å². The second-order valence-electron chi connectivity index (χ2n) is 6.40. The number of halogens is 2. The molecule has 0 radical (unpaired) electrons. The fourth-order valence-electron chi connectivity index (χ4n) is 3.07. The summed E-state index contributed by atoms with van der Waals surface area (Å²) in [6, 6.07) is 11.5. The average Bonchev–Trinajstić information content (AvgIpc) is 3.39. The Morgan fingerprint density at radius 3 is 2.69 bits per heavy atom. The first-order valence-corrected chi connectivity index (χ1v) is 8.99. The van der Waals surface area contributed by atoms with Crippen LogP contribution in [0.1, 0.15) is 17.0 Å². The third kappa shape index (κ3) is 4.13. The van der Waals surface area contributed by atoms with E-state index in [0.717, 1.165) is 23.4 Å². The summed E-state index contributed by atoms with van der Waals surface area (Å²) in [6.07, 6.45) is 2.63. The molecule has 4 aromatic rings. The van der Waals surface area contributed by atoms with Crippen molar-refractivity contribution in [3.05, 3.63) is 77.4 Å². The molecule has 29 heavy (non-hydrogen) atoms. The van der Waals surface area contributed by atoms with Gasteiger partial charge < -0.3 is 4.74 Å². The van der Waals surface area contributed by atoms with Gasteiger partial charge in [-0.3, -0.25) is 5.10 Å². The molecule has 0 spiro atoms. The van der Waals surface area contributed by atoms with Crippen molar-refractivity contribution < 1.29 is 13.5 Å². The van der Waals surface area contributed by atoms with E-state index in [-0.39, 0.29) is 6.54 Å². The van der Waals surface area contributed by atoms with E-state index in [4.69, 9.17) is 4.74 Å². The van der Waals surface area contributed by atoms with Crippen LogP contribution in [0.25, 0.3) is 11.6 Å². The number of aromatic amines is 1. The third-order valence-electron chi connectivity index (χ3n) is 4.50. The topological polar surface area (TPSA) is 81.5 Å². The second-order valence-corrected chi connectivity index (χ2v) is 6.40. The minimum absolute atomic E-state index is 0.250. The zero-order valence-corrected chi connectivity index (χ0v) is 15.6. The summed E-state index contributed by atoms with van der Waals surface area (Å²) in [5.41, 5.74) is 1.62. The number of methoxy groups -OCH3 is 1. The lowest BCUT2D eigenvalue weighted by Gasteiger charge is -2.09. The predicted molar refractivity (Wildman–Crippen MR) is 101 cm³/mol. The second kappa shape index (κ2) is 8.17. The molecule has 7 nitrogen and oxygen atoms in total. The molecule has 0 aliphatic carbocycles. The first-order valence-electron chi connectivity index (χ1n) is 8.99. The average molecular weight is 396 g/mol. The standard InChI is InChI=1S/C20H18F2N6O/c1-29-17-5-3-2-4-14(17)7-9-18-25-20(19-23-12-24-26-19)27-28(18)11-13-6-8-15(21)16(22)10-13/h2-6,8,10,12H,7,9,11H2,1H3,(H,23,24,26). The van der Waals surface area contributed by atoms with Crippen LogP contribution in [0.5, 0.6) is 5.75 Å². The summed E-state index contributed by atoms with van der Waals surface area (Å²) in [7, 11) is 1.63. The van der Waals surface area contributed by atoms with Crippen molar-refractivity contribution in [2.45, 2.75) is 19.4 Å². The lowest BCUT2D eigenvalue weighted by Crippen LogP contribution is -2.09. The van der Waals surface area contributed by atoms with E-state index in [9.17, 15) is 8.78 Å². The summed E-state index contributed by atoms with van der Waals surface area (Å²) >= 11 is 0. The van der Waals surface area contributed by atoms with Gasteiger partial charge in [0.1, 0.15) is 17.9 Å². The van der Waals surface area contributed by atoms with E-state index in [1.165, 1.54) is 12.4 Å². The highest BCUT2D eigenvalue weighted by molar-refractivity contribution is 5.41. The van der Waals surface area contributed by atoms with Crippen molar-refractivity contribution in [2.24, 2.45) is 0 Å². The Kier molecular flexibility index (Phi) is 5.28. The molecule has 0 bridgehead atoms. The molecule has 148 valence electrons. The van der Waals surface area contributed by atoms with Crippen molar-refractivity contribution >= 4 is 0 Å². The van der Waals surface area contributed by atoms with Crippen LogP contribution >= 0.6 is 0 Å². The van der Waals surface area contributed by atoms with Crippen LogP contribution in [-0.4, -0.2) is 37.1 Å². The van der Waals surface area contributed by atoms with Gasteiger partial charge in [-0.1, -0.05) is 24.3 Å². The van der Waals surface area contributed by atoms with E-state index in [1.807, 2.05) is 24.3 Å². The minimum Gasteiger partial charge on any atom is -0.496 e. The number of nitrogens with one attached hydrogen (secondary N) is 1. The van der Waals surface area contributed by atoms with Crippen LogP contribution in [0.3, 0.4) is 0 Å². The van der Waals surface area contributed by atoms with Crippen LogP contribution in [-0.2, 0) is 19.4 Å². The molecule has 1 N–H and O–H groups in total. The summed E-state index contributed by atoms with van der Waals surface area (Å²) in [5, 5.41) is 11.0. The Morgan fingerprint density at radius 1 is 1.07 bits per heavy atom. The number of nitrogens with zero attached hydrogens (tertiary/aromatic N) is 5. The number of benzene rings is 2. The minimum atomic E-state index is -0.895. The van der Waals surface area contributed by atoms with Crippen molar-refractivity contribution in [3.63, 3.8) is 0 Å². The van der Waals surface area contributed by atoms with Crippen LogP contribution in [0.4, 0.5) is 8.78 Å². The molecule has 0 amide bonds. The number of rotatable bonds is 7. The highest BCUT2D eigenvalue weighted by Crippen LogP contribution is 2.20. The molecule has 9 heteroatoms. The summed E-state index contributed by atoms with van der Waals surface area (Å²) < 4.78 is 33.9. The number of H-pyrrole nitrogens is 1. The summed E-state index contributed by atoms with van der Waals surface area (Å²) in [5.74, 6) is 0.536. The third-order valence-corrected chi connectivity index (χ3v) is 4.50. The fraction of sp³-hybridized carbons (Fsp3) is 0.200. The normalized spacial score (nSPS) is 11.0. The maximum atomic E-state index is 13.6. The lowest BCUT2D eigenvalue weighted by atomic mass is 10.1. The Hall–Kier alpha value is -3.62. The molecule has 0 atom stereocenters. The van der Waals surface area contributed by atoms with Gasteiger partial charge in [0, 0.05) is 6.42 Å². The van der Waals surface area contributed by atoms with Gasteiger partial charge in [0.05, 0.1) is 13.7 Å². The number of aryl methyl sites for hydroxylation is 2. The number of para-hydroxylation sites is 1. The van der Waals surface area contributed by atoms with Crippen LogP contribution in [0, 0.1) is 11.6 Å². The Balaban J connectivity index is 1.63. The molecule has 2 aromatic heterocycles. The van der Waals surface area contributed by atoms with Gasteiger partial charge in [-0.05, 0) is 35.7 Å². The fourth-order valence-corrected chi connectivity index (χ4v) is 3.07. The molecule has 0 aliphatic rings. The van der Waals surface area contributed by atoms with Crippen molar-refractivity contribution in [2.75, 3.05) is 7.11 Å². The maximum absolute atomic E-state index is 13.6. The maximum Gasteiger partial charge on any atom is 0.218 e. The molecule has 4 rings (SSSR count). The number of hydrogen-bond donors (Lipinski definition) is 1. The van der Waals surface area contributed by atoms with Gasteiger partial charge in [-0.25, -0.2) is 23.4 Å². The Morgan fingerprint density at radius 2 is 1.93 bits per heavy atom. The number of hydrogen-bond acceptors (Lipinski definition) is 5. The monoisotopic (exact) mass is 396 g/mol. The predicted octanol–water partition coefficient (Wildman–Crippen LogP) is 3.18. The highest BCUT2D eigenvalue weighted by Gasteiger charge is 2.15. The zero-order valence-electron chi connectivity index (χ0n) is 15.6. The largest absolute Gasteiger partial charge is 0.496 e. The van der Waals surface area contributed by atoms with Crippen molar-refractivity contribution in [3.8, 4) is 17.4 Å². The van der Waals surface area contributed by atoms with Gasteiger partial charge in [0.2, 0.25) is 5.82 Å². The van der Waals surface area contributed by atoms with Gasteiger partial charge in [0.25, 0.3) is 0 Å². The molecule has 0 aliphatic heterocycles. The number of ether oxygens (including phenoxy) is 1. The lowest BCUT2D eigenvalue weighted by molar-refractivity contribution is 0.409. The molecule has 0 unspecified atom stereocenters. The van der Waals surface area contributed by atoms with Gasteiger partial charge in [0.15, 0.2) is 17.5 Å². The molecule has 2 heterocycles. The zero-order chi connectivity index (χ0) is 20.2. The summed E-state index contributed by atoms with van der Waals surface area (Å²) in [4.78, 5) is 8.65. The van der Waals surface area contributed by atoms with E-state index in [2.05, 4.69) is 25.3 Å². The van der Waals surface area contributed by atoms with Gasteiger partial charge in [-0.15, -0.1) is 5.10 Å². The highest BCUT2D eigenvalue weighted by atomic mass is 19.2. The quantitative estimate of drug-likeness (QED) is 0.519. The first kappa shape index (κ1) is 18.7. The van der Waals surface area contributed by atoms with Crippen molar-refractivity contribution in [1.29, 1.82) is 0 Å². The summed E-state index contributed by atoms with van der Waals surface area (Å²) in [6.45, 7) is 0.250. The molecule has 0 saturated carbocycles. The molecular formula is C20H18F2N6O. The molecule has 2 aromatic carbocycles. The Bertz CT molecular complexity index is 1110. The molecule has 0 saturated heterocycles. The van der Waals surface area contributed by atoms with Crippen LogP contribution < -0.4 is 4.74 Å². The van der Waals surface area contributed by atoms with Gasteiger partial charge in [-0.2, -0.15) is 5.10 Å². The first-order chi connectivity index (χ1) is 14.1. The van der Waals surface area contributed by atoms with Crippen LogP contribution in [0.15, 0.2) is 48.8 Å². The van der Waals surface area contributed by atoms with E-state index >= 15 is 0 Å².